The van der Waals surface area contributed by atoms with Crippen LogP contribution in [0.2, 0.25) is 0 Å². The molecule has 0 aliphatic carbocycles. The summed E-state index contributed by atoms with van der Waals surface area (Å²) < 4.78 is 15.8. The van der Waals surface area contributed by atoms with Crippen molar-refractivity contribution >= 4 is 0 Å². The molecule has 0 bridgehead atoms. The van der Waals surface area contributed by atoms with E-state index in [9.17, 15) is 4.91 Å². The third-order valence-corrected chi connectivity index (χ3v) is 2.66. The Kier molecular flexibility index (Phi) is 16.9. The highest BCUT2D eigenvalue weighted by molar-refractivity contribution is 4.58. The lowest BCUT2D eigenvalue weighted by atomic mass is 10.4. The molecule has 0 aromatic carbocycles. The Bertz CT molecular complexity index is 221. The van der Waals surface area contributed by atoms with Crippen molar-refractivity contribution < 1.29 is 24.4 Å². The molecule has 0 aromatic heterocycles. The summed E-state index contributed by atoms with van der Waals surface area (Å²) in [5.74, 6) is 0. The van der Waals surface area contributed by atoms with Gasteiger partial charge in [0.05, 0.1) is 46.2 Å². The van der Waals surface area contributed by atoms with E-state index in [2.05, 4.69) is 10.1 Å². The van der Waals surface area contributed by atoms with Crippen LogP contribution in [0.3, 0.4) is 0 Å². The van der Waals surface area contributed by atoms with E-state index < -0.39 is 0 Å². The van der Waals surface area contributed by atoms with E-state index >= 15 is 0 Å². The molecule has 0 fully saturated rings. The van der Waals surface area contributed by atoms with Gasteiger partial charge in [-0.15, -0.1) is 0 Å². The van der Waals surface area contributed by atoms with Crippen LogP contribution in [-0.2, 0) is 14.2 Å². The second-order valence-corrected chi connectivity index (χ2v) is 4.33. The van der Waals surface area contributed by atoms with E-state index in [4.69, 9.17) is 24.4 Å². The van der Waals surface area contributed by atoms with Gasteiger partial charge in [-0.2, -0.15) is 4.91 Å². The molecule has 0 aliphatic rings. The first-order valence-corrected chi connectivity index (χ1v) is 7.31. The van der Waals surface area contributed by atoms with Crippen molar-refractivity contribution in [3.8, 4) is 0 Å². The molecule has 0 rings (SSSR count). The van der Waals surface area contributed by atoms with Crippen molar-refractivity contribution in [2.75, 3.05) is 79.0 Å². The Morgan fingerprint density at radius 3 is 1.90 bits per heavy atom. The van der Waals surface area contributed by atoms with Gasteiger partial charge in [-0.1, -0.05) is 5.18 Å². The number of aliphatic hydroxyl groups is 2. The average molecular weight is 308 g/mol. The SMILES string of the molecule is O=NCCOCCN(CCCOCCO)CCOCCO. The lowest BCUT2D eigenvalue weighted by Gasteiger charge is -2.22. The molecule has 0 saturated carbocycles. The van der Waals surface area contributed by atoms with Gasteiger partial charge in [0.2, 0.25) is 0 Å². The number of hydrogen-bond donors (Lipinski definition) is 2. The largest absolute Gasteiger partial charge is 0.394 e. The average Bonchev–Trinajstić information content (AvgIpc) is 2.50. The zero-order valence-corrected chi connectivity index (χ0v) is 12.6. The lowest BCUT2D eigenvalue weighted by Crippen LogP contribution is -2.33. The lowest BCUT2D eigenvalue weighted by molar-refractivity contribution is 0.0520. The van der Waals surface area contributed by atoms with E-state index in [1.165, 1.54) is 0 Å². The summed E-state index contributed by atoms with van der Waals surface area (Å²) >= 11 is 0. The van der Waals surface area contributed by atoms with E-state index in [-0.39, 0.29) is 19.8 Å². The van der Waals surface area contributed by atoms with Crippen LogP contribution < -0.4 is 0 Å². The maximum atomic E-state index is 9.92. The van der Waals surface area contributed by atoms with E-state index in [0.29, 0.717) is 39.6 Å². The maximum Gasteiger partial charge on any atom is 0.104 e. The minimum Gasteiger partial charge on any atom is -0.394 e. The monoisotopic (exact) mass is 308 g/mol. The van der Waals surface area contributed by atoms with Gasteiger partial charge < -0.3 is 24.4 Å². The number of nitroso groups, excluding NO2 is 1. The quantitative estimate of drug-likeness (QED) is 0.275. The van der Waals surface area contributed by atoms with E-state index in [0.717, 1.165) is 26.1 Å². The van der Waals surface area contributed by atoms with Gasteiger partial charge >= 0.3 is 0 Å². The fourth-order valence-corrected chi connectivity index (χ4v) is 1.65. The summed E-state index contributed by atoms with van der Waals surface area (Å²) in [7, 11) is 0. The molecule has 8 nitrogen and oxygen atoms in total. The fraction of sp³-hybridized carbons (Fsp3) is 1.00. The molecule has 0 radical (unpaired) electrons. The topological polar surface area (TPSA) is 101 Å². The Morgan fingerprint density at radius 1 is 0.762 bits per heavy atom. The minimum absolute atomic E-state index is 0.0246. The highest BCUT2D eigenvalue weighted by Gasteiger charge is 2.05. The summed E-state index contributed by atoms with van der Waals surface area (Å²) in [6.07, 6.45) is 0.857. The Morgan fingerprint density at radius 2 is 1.33 bits per heavy atom. The van der Waals surface area contributed by atoms with Crippen LogP contribution in [0.1, 0.15) is 6.42 Å². The van der Waals surface area contributed by atoms with Crippen LogP contribution in [0.5, 0.6) is 0 Å². The van der Waals surface area contributed by atoms with Crippen LogP contribution in [0.4, 0.5) is 0 Å². The first-order chi connectivity index (χ1) is 10.3. The standard InChI is InChI=1S/C13H28N2O6/c16-6-12-19-8-1-3-15(5-11-21-13-7-17)4-10-20-9-2-14-18/h16-17H,1-13H2. The van der Waals surface area contributed by atoms with E-state index in [1.54, 1.807) is 0 Å². The molecule has 126 valence electrons. The Labute approximate surface area is 126 Å². The molecular formula is C13H28N2O6. The highest BCUT2D eigenvalue weighted by Crippen LogP contribution is 1.94. The third-order valence-electron chi connectivity index (χ3n) is 2.66. The van der Waals surface area contributed by atoms with Gasteiger partial charge in [-0.3, -0.25) is 4.90 Å². The first-order valence-electron chi connectivity index (χ1n) is 7.31. The Balaban J connectivity index is 3.71. The van der Waals surface area contributed by atoms with Crippen molar-refractivity contribution in [3.05, 3.63) is 4.91 Å². The van der Waals surface area contributed by atoms with Gasteiger partial charge in [-0.05, 0) is 6.42 Å². The molecule has 2 N–H and O–H groups in total. The van der Waals surface area contributed by atoms with Crippen LogP contribution in [0, 0.1) is 4.91 Å². The molecule has 0 aliphatic heterocycles. The predicted octanol–water partition coefficient (Wildman–Crippen LogP) is -0.521. The molecule has 0 aromatic rings. The number of aliphatic hydroxyl groups excluding tert-OH is 2. The Hall–Kier alpha value is -0.640. The first kappa shape index (κ1) is 20.4. The zero-order valence-electron chi connectivity index (χ0n) is 12.6. The van der Waals surface area contributed by atoms with Crippen molar-refractivity contribution in [3.63, 3.8) is 0 Å². The number of ether oxygens (including phenoxy) is 3. The molecule has 0 unspecified atom stereocenters. The molecule has 0 amide bonds. The molecule has 0 heterocycles. The second-order valence-electron chi connectivity index (χ2n) is 4.33. The van der Waals surface area contributed by atoms with Gasteiger partial charge in [-0.25, -0.2) is 0 Å². The summed E-state index contributed by atoms with van der Waals surface area (Å²) in [6.45, 7) is 5.29. The highest BCUT2D eigenvalue weighted by atomic mass is 16.5. The second kappa shape index (κ2) is 17.4. The minimum atomic E-state index is 0.0246. The molecular weight excluding hydrogens is 280 g/mol. The van der Waals surface area contributed by atoms with Gasteiger partial charge in [0, 0.05) is 26.2 Å². The number of nitrogens with zero attached hydrogens (tertiary/aromatic N) is 2. The van der Waals surface area contributed by atoms with Crippen LogP contribution in [0.15, 0.2) is 5.18 Å². The number of rotatable bonds is 17. The molecule has 8 heteroatoms. The summed E-state index contributed by atoms with van der Waals surface area (Å²) in [5, 5.41) is 20.0. The molecule has 21 heavy (non-hydrogen) atoms. The molecule has 0 spiro atoms. The fourth-order valence-electron chi connectivity index (χ4n) is 1.65. The van der Waals surface area contributed by atoms with Crippen molar-refractivity contribution in [2.24, 2.45) is 5.18 Å². The summed E-state index contributed by atoms with van der Waals surface area (Å²) in [5.41, 5.74) is 0. The molecule has 0 atom stereocenters. The predicted molar refractivity (Wildman–Crippen MR) is 78.3 cm³/mol. The van der Waals surface area contributed by atoms with Crippen LogP contribution in [-0.4, -0.2) is 94.1 Å². The van der Waals surface area contributed by atoms with Crippen molar-refractivity contribution in [2.45, 2.75) is 6.42 Å². The number of hydrogen-bond acceptors (Lipinski definition) is 8. The van der Waals surface area contributed by atoms with Gasteiger partial charge in [0.15, 0.2) is 0 Å². The normalized spacial score (nSPS) is 11.2. The smallest absolute Gasteiger partial charge is 0.104 e. The van der Waals surface area contributed by atoms with Crippen molar-refractivity contribution in [1.82, 2.24) is 4.90 Å². The summed E-state index contributed by atoms with van der Waals surface area (Å²) in [4.78, 5) is 12.1. The van der Waals surface area contributed by atoms with Crippen LogP contribution in [0.25, 0.3) is 0 Å². The maximum absolute atomic E-state index is 9.92. The van der Waals surface area contributed by atoms with E-state index in [1.807, 2.05) is 0 Å². The van der Waals surface area contributed by atoms with Gasteiger partial charge in [0.1, 0.15) is 6.54 Å². The third kappa shape index (κ3) is 15.6. The summed E-state index contributed by atoms with van der Waals surface area (Å²) in [6, 6.07) is 0. The van der Waals surface area contributed by atoms with Crippen LogP contribution >= 0.6 is 0 Å². The van der Waals surface area contributed by atoms with Gasteiger partial charge in [0.25, 0.3) is 0 Å². The van der Waals surface area contributed by atoms with Crippen molar-refractivity contribution in [1.29, 1.82) is 0 Å². The zero-order chi connectivity index (χ0) is 15.6. The molecule has 0 saturated heterocycles.